The minimum atomic E-state index is -0.318. The summed E-state index contributed by atoms with van der Waals surface area (Å²) in [4.78, 5) is 11.6. The van der Waals surface area contributed by atoms with E-state index in [0.717, 1.165) is 0 Å². The summed E-state index contributed by atoms with van der Waals surface area (Å²) in [7, 11) is 1.47. The summed E-state index contributed by atoms with van der Waals surface area (Å²) in [6.45, 7) is 5.66. The van der Waals surface area contributed by atoms with Crippen LogP contribution in [0.2, 0.25) is 0 Å². The molecule has 3 N–H and O–H groups in total. The number of amides is 2. The second-order valence-electron chi connectivity index (χ2n) is 4.72. The van der Waals surface area contributed by atoms with Gasteiger partial charge in [0.05, 0.1) is 7.11 Å². The van der Waals surface area contributed by atoms with Crippen molar-refractivity contribution in [2.45, 2.75) is 26.3 Å². The second kappa shape index (κ2) is 4.95. The summed E-state index contributed by atoms with van der Waals surface area (Å²) in [6.07, 6.45) is 0. The van der Waals surface area contributed by atoms with E-state index in [1.165, 1.54) is 13.2 Å². The highest BCUT2D eigenvalue weighted by atomic mass is 16.5. The third-order valence-electron chi connectivity index (χ3n) is 1.93. The molecule has 17 heavy (non-hydrogen) atoms. The number of phenolic OH excluding ortho intramolecular Hbond substituents is 1. The largest absolute Gasteiger partial charge is 0.504 e. The molecule has 0 unspecified atom stereocenters. The molecule has 0 saturated carbocycles. The van der Waals surface area contributed by atoms with Gasteiger partial charge in [0, 0.05) is 17.3 Å². The average Bonchev–Trinajstić information content (AvgIpc) is 2.14. The molecule has 1 aromatic carbocycles. The molecule has 0 saturated heterocycles. The summed E-state index contributed by atoms with van der Waals surface area (Å²) in [5.74, 6) is 0.354. The lowest BCUT2D eigenvalue weighted by molar-refractivity contribution is 0.244. The smallest absolute Gasteiger partial charge is 0.319 e. The van der Waals surface area contributed by atoms with Crippen LogP contribution in [0.1, 0.15) is 20.8 Å². The number of rotatable bonds is 2. The molecule has 5 nitrogen and oxygen atoms in total. The standard InChI is InChI=1S/C12H18N2O3/c1-12(2,3)14-11(16)13-8-5-6-10(17-4)9(15)7-8/h5-7,15H,1-4H3,(H2,13,14,16). The van der Waals surface area contributed by atoms with Crippen LogP contribution in [-0.2, 0) is 0 Å². The highest BCUT2D eigenvalue weighted by Gasteiger charge is 2.13. The van der Waals surface area contributed by atoms with Gasteiger partial charge in [-0.2, -0.15) is 0 Å². The Balaban J connectivity index is 2.69. The number of anilines is 1. The average molecular weight is 238 g/mol. The van der Waals surface area contributed by atoms with Crippen molar-refractivity contribution >= 4 is 11.7 Å². The number of phenols is 1. The first-order chi connectivity index (χ1) is 7.81. The Morgan fingerprint density at radius 1 is 1.35 bits per heavy atom. The van der Waals surface area contributed by atoms with E-state index in [1.807, 2.05) is 20.8 Å². The third kappa shape index (κ3) is 4.22. The van der Waals surface area contributed by atoms with Crippen LogP contribution in [-0.4, -0.2) is 23.8 Å². The fourth-order valence-electron chi connectivity index (χ4n) is 1.27. The van der Waals surface area contributed by atoms with Gasteiger partial charge in [-0.05, 0) is 32.9 Å². The van der Waals surface area contributed by atoms with Crippen LogP contribution in [0.5, 0.6) is 11.5 Å². The maximum Gasteiger partial charge on any atom is 0.319 e. The fraction of sp³-hybridized carbons (Fsp3) is 0.417. The van der Waals surface area contributed by atoms with Crippen LogP contribution < -0.4 is 15.4 Å². The predicted octanol–water partition coefficient (Wildman–Crippen LogP) is 2.32. The molecule has 0 aromatic heterocycles. The van der Waals surface area contributed by atoms with Crippen molar-refractivity contribution < 1.29 is 14.6 Å². The van der Waals surface area contributed by atoms with Crippen LogP contribution in [0.3, 0.4) is 0 Å². The van der Waals surface area contributed by atoms with Crippen molar-refractivity contribution in [3.8, 4) is 11.5 Å². The molecular weight excluding hydrogens is 220 g/mol. The zero-order valence-electron chi connectivity index (χ0n) is 10.5. The number of aromatic hydroxyl groups is 1. The molecule has 1 aromatic rings. The zero-order valence-corrected chi connectivity index (χ0v) is 10.5. The Morgan fingerprint density at radius 3 is 2.47 bits per heavy atom. The Labute approximate surface area is 101 Å². The maximum absolute atomic E-state index is 11.6. The van der Waals surface area contributed by atoms with E-state index in [9.17, 15) is 9.90 Å². The number of hydrogen-bond donors (Lipinski definition) is 3. The first kappa shape index (κ1) is 13.2. The maximum atomic E-state index is 11.6. The van der Waals surface area contributed by atoms with Crippen molar-refractivity contribution in [3.05, 3.63) is 18.2 Å². The molecular formula is C12H18N2O3. The number of benzene rings is 1. The van der Waals surface area contributed by atoms with Gasteiger partial charge >= 0.3 is 6.03 Å². The van der Waals surface area contributed by atoms with Crippen molar-refractivity contribution in [2.24, 2.45) is 0 Å². The van der Waals surface area contributed by atoms with Crippen molar-refractivity contribution in [1.82, 2.24) is 5.32 Å². The first-order valence-corrected chi connectivity index (χ1v) is 5.28. The molecule has 5 heteroatoms. The number of ether oxygens (including phenoxy) is 1. The molecule has 0 aliphatic carbocycles. The minimum Gasteiger partial charge on any atom is -0.504 e. The number of carbonyl (C=O) groups is 1. The van der Waals surface area contributed by atoms with Gasteiger partial charge in [-0.1, -0.05) is 0 Å². The first-order valence-electron chi connectivity index (χ1n) is 5.28. The second-order valence-corrected chi connectivity index (χ2v) is 4.72. The fourth-order valence-corrected chi connectivity index (χ4v) is 1.27. The van der Waals surface area contributed by atoms with Gasteiger partial charge in [-0.3, -0.25) is 0 Å². The van der Waals surface area contributed by atoms with E-state index in [-0.39, 0.29) is 17.3 Å². The molecule has 0 fully saturated rings. The Morgan fingerprint density at radius 2 is 2.00 bits per heavy atom. The molecule has 0 aliphatic rings. The van der Waals surface area contributed by atoms with E-state index in [1.54, 1.807) is 12.1 Å². The monoisotopic (exact) mass is 238 g/mol. The third-order valence-corrected chi connectivity index (χ3v) is 1.93. The Hall–Kier alpha value is -1.91. The van der Waals surface area contributed by atoms with Gasteiger partial charge in [0.2, 0.25) is 0 Å². The van der Waals surface area contributed by atoms with E-state index in [2.05, 4.69) is 10.6 Å². The van der Waals surface area contributed by atoms with E-state index in [4.69, 9.17) is 4.74 Å². The van der Waals surface area contributed by atoms with E-state index < -0.39 is 0 Å². The molecule has 1 rings (SSSR count). The summed E-state index contributed by atoms with van der Waals surface area (Å²) in [6, 6.07) is 4.35. The molecule has 0 spiro atoms. The molecule has 2 amide bonds. The molecule has 0 heterocycles. The summed E-state index contributed by atoms with van der Waals surface area (Å²) >= 11 is 0. The zero-order chi connectivity index (χ0) is 13.1. The van der Waals surface area contributed by atoms with E-state index in [0.29, 0.717) is 11.4 Å². The Kier molecular flexibility index (Phi) is 3.83. The molecule has 0 aliphatic heterocycles. The van der Waals surface area contributed by atoms with Gasteiger partial charge in [0.25, 0.3) is 0 Å². The SMILES string of the molecule is COc1ccc(NC(=O)NC(C)(C)C)cc1O. The predicted molar refractivity (Wildman–Crippen MR) is 66.6 cm³/mol. The van der Waals surface area contributed by atoms with Crippen LogP contribution >= 0.6 is 0 Å². The van der Waals surface area contributed by atoms with Gasteiger partial charge < -0.3 is 20.5 Å². The van der Waals surface area contributed by atoms with Gasteiger partial charge in [-0.15, -0.1) is 0 Å². The normalized spacial score (nSPS) is 10.8. The number of hydrogen-bond acceptors (Lipinski definition) is 3. The lowest BCUT2D eigenvalue weighted by Crippen LogP contribution is -2.43. The molecule has 0 atom stereocenters. The molecule has 0 radical (unpaired) electrons. The number of methoxy groups -OCH3 is 1. The summed E-state index contributed by atoms with van der Waals surface area (Å²) in [5.41, 5.74) is 0.198. The van der Waals surface area contributed by atoms with Crippen molar-refractivity contribution in [1.29, 1.82) is 0 Å². The number of carbonyl (C=O) groups excluding carboxylic acids is 1. The van der Waals surface area contributed by atoms with Crippen molar-refractivity contribution in [2.75, 3.05) is 12.4 Å². The Bertz CT molecular complexity index is 411. The molecule has 94 valence electrons. The highest BCUT2D eigenvalue weighted by Crippen LogP contribution is 2.28. The van der Waals surface area contributed by atoms with Gasteiger partial charge in [-0.25, -0.2) is 4.79 Å². The topological polar surface area (TPSA) is 70.6 Å². The molecule has 0 bridgehead atoms. The summed E-state index contributed by atoms with van der Waals surface area (Å²) in [5, 5.41) is 14.9. The lowest BCUT2D eigenvalue weighted by atomic mass is 10.1. The number of urea groups is 1. The summed E-state index contributed by atoms with van der Waals surface area (Å²) < 4.78 is 4.91. The van der Waals surface area contributed by atoms with Crippen LogP contribution in [0.4, 0.5) is 10.5 Å². The number of nitrogens with one attached hydrogen (secondary N) is 2. The van der Waals surface area contributed by atoms with Crippen LogP contribution in [0, 0.1) is 0 Å². The lowest BCUT2D eigenvalue weighted by Gasteiger charge is -2.20. The van der Waals surface area contributed by atoms with Gasteiger partial charge in [0.1, 0.15) is 0 Å². The van der Waals surface area contributed by atoms with Crippen LogP contribution in [0.25, 0.3) is 0 Å². The van der Waals surface area contributed by atoms with E-state index >= 15 is 0 Å². The van der Waals surface area contributed by atoms with Crippen LogP contribution in [0.15, 0.2) is 18.2 Å². The quantitative estimate of drug-likeness (QED) is 0.740. The highest BCUT2D eigenvalue weighted by molar-refractivity contribution is 5.90. The minimum absolute atomic E-state index is 0.0129. The van der Waals surface area contributed by atoms with Crippen molar-refractivity contribution in [3.63, 3.8) is 0 Å². The van der Waals surface area contributed by atoms with Gasteiger partial charge in [0.15, 0.2) is 11.5 Å².